The number of amides is 1. The Kier molecular flexibility index (Phi) is 5.60. The van der Waals surface area contributed by atoms with Crippen molar-refractivity contribution in [3.63, 3.8) is 0 Å². The molecule has 0 bridgehead atoms. The van der Waals surface area contributed by atoms with Gasteiger partial charge in [-0.2, -0.15) is 0 Å². The molecule has 1 amide bonds. The van der Waals surface area contributed by atoms with Gasteiger partial charge in [0.2, 0.25) is 5.43 Å². The molecular weight excluding hydrogens is 443 g/mol. The van der Waals surface area contributed by atoms with Crippen molar-refractivity contribution in [2.24, 2.45) is 0 Å². The summed E-state index contributed by atoms with van der Waals surface area (Å²) in [6, 6.07) is 11.6. The van der Waals surface area contributed by atoms with Gasteiger partial charge in [-0.15, -0.1) is 0 Å². The predicted molar refractivity (Wildman–Crippen MR) is 136 cm³/mol. The summed E-state index contributed by atoms with van der Waals surface area (Å²) in [5.74, 6) is -0.653. The molecule has 2 fully saturated rings. The summed E-state index contributed by atoms with van der Waals surface area (Å²) >= 11 is 0. The Balaban J connectivity index is 1.38. The lowest BCUT2D eigenvalue weighted by Gasteiger charge is -2.35. The largest absolute Gasteiger partial charge is 0.367 e. The molecule has 1 saturated carbocycles. The Bertz CT molecular complexity index is 1360. The van der Waals surface area contributed by atoms with Crippen molar-refractivity contribution >= 4 is 22.5 Å². The number of halogens is 1. The zero-order valence-corrected chi connectivity index (χ0v) is 20.2. The molecule has 1 saturated heterocycles. The topological polar surface area (TPSA) is 48.8 Å². The summed E-state index contributed by atoms with van der Waals surface area (Å²) in [6.07, 6.45) is 4.52. The summed E-state index contributed by atoms with van der Waals surface area (Å²) in [5.41, 5.74) is 3.42. The number of anilines is 1. The minimum absolute atomic E-state index is 0.146. The SMILES string of the molecule is CCN1CCN(c2cc3c(cc2F)c(=O)c(C(=O)N2CCc4ccccc4C2)cn3C2CC2)CC1. The van der Waals surface area contributed by atoms with Gasteiger partial charge in [-0.25, -0.2) is 4.39 Å². The van der Waals surface area contributed by atoms with E-state index in [9.17, 15) is 9.59 Å². The highest BCUT2D eigenvalue weighted by atomic mass is 19.1. The first-order valence-corrected chi connectivity index (χ1v) is 12.7. The minimum atomic E-state index is -0.390. The standard InChI is InChI=1S/C28H31FN4O2/c1-2-30-11-13-31(14-12-30)26-16-25-22(15-24(26)29)27(34)23(18-33(25)21-7-8-21)28(35)32-10-9-19-5-3-4-6-20(19)17-32/h3-6,15-16,18,21H,2,7-14,17H2,1H3. The van der Waals surface area contributed by atoms with Crippen LogP contribution in [0, 0.1) is 5.82 Å². The molecule has 6 nitrogen and oxygen atoms in total. The summed E-state index contributed by atoms with van der Waals surface area (Å²) in [5, 5.41) is 0.300. The fraction of sp³-hybridized carbons (Fsp3) is 0.429. The lowest BCUT2D eigenvalue weighted by molar-refractivity contribution is 0.0733. The van der Waals surface area contributed by atoms with Crippen molar-refractivity contribution in [3.8, 4) is 0 Å². The van der Waals surface area contributed by atoms with Gasteiger partial charge in [0.25, 0.3) is 5.91 Å². The highest BCUT2D eigenvalue weighted by Crippen LogP contribution is 2.38. The second-order valence-corrected chi connectivity index (χ2v) is 10.00. The molecule has 2 aromatic carbocycles. The number of pyridine rings is 1. The molecule has 7 heteroatoms. The van der Waals surface area contributed by atoms with Gasteiger partial charge in [-0.05, 0) is 49.1 Å². The van der Waals surface area contributed by atoms with Gasteiger partial charge in [-0.1, -0.05) is 31.2 Å². The number of carbonyl (C=O) groups excluding carboxylic acids is 1. The van der Waals surface area contributed by atoms with Gasteiger partial charge in [0, 0.05) is 56.9 Å². The van der Waals surface area contributed by atoms with E-state index >= 15 is 4.39 Å². The Morgan fingerprint density at radius 1 is 1.03 bits per heavy atom. The molecule has 0 N–H and O–H groups in total. The highest BCUT2D eigenvalue weighted by Gasteiger charge is 2.30. The summed E-state index contributed by atoms with van der Waals surface area (Å²) in [6.45, 7) is 7.52. The van der Waals surface area contributed by atoms with Crippen LogP contribution in [0.1, 0.15) is 47.3 Å². The number of piperazine rings is 1. The molecule has 0 radical (unpaired) electrons. The van der Waals surface area contributed by atoms with Crippen LogP contribution in [0.4, 0.5) is 10.1 Å². The number of hydrogen-bond acceptors (Lipinski definition) is 4. The van der Waals surface area contributed by atoms with Gasteiger partial charge in [-0.3, -0.25) is 9.59 Å². The Labute approximate surface area is 204 Å². The van der Waals surface area contributed by atoms with E-state index in [0.717, 1.165) is 63.1 Å². The van der Waals surface area contributed by atoms with Crippen molar-refractivity contribution in [1.29, 1.82) is 0 Å². The van der Waals surface area contributed by atoms with Crippen LogP contribution in [0.25, 0.3) is 10.9 Å². The summed E-state index contributed by atoms with van der Waals surface area (Å²) < 4.78 is 17.4. The normalized spacial score (nSPS) is 18.7. The summed E-state index contributed by atoms with van der Waals surface area (Å²) in [4.78, 5) is 33.2. The molecule has 182 valence electrons. The van der Waals surface area contributed by atoms with Crippen molar-refractivity contribution in [2.45, 2.75) is 38.8 Å². The molecule has 2 aliphatic heterocycles. The van der Waals surface area contributed by atoms with Crippen LogP contribution in [0.2, 0.25) is 0 Å². The minimum Gasteiger partial charge on any atom is -0.367 e. The lowest BCUT2D eigenvalue weighted by Crippen LogP contribution is -2.46. The Hall–Kier alpha value is -3.19. The third-order valence-corrected chi connectivity index (χ3v) is 7.85. The van der Waals surface area contributed by atoms with E-state index in [0.29, 0.717) is 24.2 Å². The van der Waals surface area contributed by atoms with Crippen LogP contribution in [-0.2, 0) is 13.0 Å². The van der Waals surface area contributed by atoms with E-state index in [1.165, 1.54) is 11.6 Å². The number of nitrogens with zero attached hydrogens (tertiary/aromatic N) is 4. The average molecular weight is 475 g/mol. The fourth-order valence-corrected chi connectivity index (χ4v) is 5.55. The van der Waals surface area contributed by atoms with E-state index in [1.807, 2.05) is 28.8 Å². The molecule has 6 rings (SSSR count). The van der Waals surface area contributed by atoms with Gasteiger partial charge in [0.1, 0.15) is 11.4 Å². The zero-order chi connectivity index (χ0) is 24.1. The molecule has 3 aromatic rings. The Morgan fingerprint density at radius 3 is 2.49 bits per heavy atom. The van der Waals surface area contributed by atoms with Crippen LogP contribution in [0.15, 0.2) is 47.4 Å². The van der Waals surface area contributed by atoms with E-state index in [4.69, 9.17) is 0 Å². The maximum absolute atomic E-state index is 15.4. The third kappa shape index (κ3) is 4.01. The van der Waals surface area contributed by atoms with Crippen LogP contribution >= 0.6 is 0 Å². The van der Waals surface area contributed by atoms with Crippen LogP contribution in [-0.4, -0.2) is 59.5 Å². The molecule has 0 spiro atoms. The number of benzene rings is 2. The second kappa shape index (κ2) is 8.79. The van der Waals surface area contributed by atoms with Gasteiger partial charge in [0.05, 0.1) is 11.2 Å². The van der Waals surface area contributed by atoms with Crippen molar-refractivity contribution in [2.75, 3.05) is 44.2 Å². The lowest BCUT2D eigenvalue weighted by atomic mass is 9.99. The number of rotatable bonds is 4. The molecule has 0 atom stereocenters. The molecular formula is C28H31FN4O2. The van der Waals surface area contributed by atoms with E-state index in [2.05, 4.69) is 22.8 Å². The van der Waals surface area contributed by atoms with E-state index in [1.54, 1.807) is 11.1 Å². The van der Waals surface area contributed by atoms with Crippen molar-refractivity contribution in [3.05, 3.63) is 75.3 Å². The molecule has 1 aliphatic carbocycles. The molecule has 35 heavy (non-hydrogen) atoms. The maximum atomic E-state index is 15.4. The third-order valence-electron chi connectivity index (χ3n) is 7.85. The number of fused-ring (bicyclic) bond motifs is 2. The quantitative estimate of drug-likeness (QED) is 0.577. The van der Waals surface area contributed by atoms with Gasteiger partial charge in [0.15, 0.2) is 0 Å². The number of aromatic nitrogens is 1. The zero-order valence-electron chi connectivity index (χ0n) is 20.2. The number of carbonyl (C=O) groups is 1. The Morgan fingerprint density at radius 2 is 1.77 bits per heavy atom. The maximum Gasteiger partial charge on any atom is 0.259 e. The molecule has 3 heterocycles. The van der Waals surface area contributed by atoms with Crippen LogP contribution in [0.3, 0.4) is 0 Å². The van der Waals surface area contributed by atoms with Crippen LogP contribution < -0.4 is 10.3 Å². The van der Waals surface area contributed by atoms with E-state index in [-0.39, 0.29) is 22.9 Å². The summed E-state index contributed by atoms with van der Waals surface area (Å²) in [7, 11) is 0. The highest BCUT2D eigenvalue weighted by molar-refractivity contribution is 5.98. The molecule has 3 aliphatic rings. The first-order valence-electron chi connectivity index (χ1n) is 12.7. The second-order valence-electron chi connectivity index (χ2n) is 10.00. The average Bonchev–Trinajstić information content (AvgIpc) is 3.74. The molecule has 1 aromatic heterocycles. The number of likely N-dealkylation sites (N-methyl/N-ethyl adjacent to an activating group) is 1. The van der Waals surface area contributed by atoms with Gasteiger partial charge < -0.3 is 19.3 Å². The first kappa shape index (κ1) is 22.3. The monoisotopic (exact) mass is 474 g/mol. The molecule has 0 unspecified atom stereocenters. The van der Waals surface area contributed by atoms with E-state index < -0.39 is 5.82 Å². The van der Waals surface area contributed by atoms with Crippen molar-refractivity contribution in [1.82, 2.24) is 14.4 Å². The fourth-order valence-electron chi connectivity index (χ4n) is 5.55. The smallest absolute Gasteiger partial charge is 0.259 e. The van der Waals surface area contributed by atoms with Crippen LogP contribution in [0.5, 0.6) is 0 Å². The number of hydrogen-bond donors (Lipinski definition) is 0. The first-order chi connectivity index (χ1) is 17.0. The predicted octanol–water partition coefficient (Wildman–Crippen LogP) is 3.82. The van der Waals surface area contributed by atoms with Crippen molar-refractivity contribution < 1.29 is 9.18 Å². The van der Waals surface area contributed by atoms with Gasteiger partial charge >= 0.3 is 0 Å².